The summed E-state index contributed by atoms with van der Waals surface area (Å²) in [6, 6.07) is 6.74. The van der Waals surface area contributed by atoms with E-state index in [0.717, 1.165) is 44.1 Å². The van der Waals surface area contributed by atoms with E-state index < -0.39 is 0 Å². The van der Waals surface area contributed by atoms with Crippen LogP contribution >= 0.6 is 0 Å². The Hall–Kier alpha value is -1.62. The van der Waals surface area contributed by atoms with Crippen LogP contribution in [0.15, 0.2) is 24.3 Å². The zero-order valence-corrected chi connectivity index (χ0v) is 13.4. The summed E-state index contributed by atoms with van der Waals surface area (Å²) in [5.74, 6) is 0.165. The van der Waals surface area contributed by atoms with E-state index in [1.807, 2.05) is 6.07 Å². The molecule has 0 aromatic heterocycles. The lowest BCUT2D eigenvalue weighted by Crippen LogP contribution is -2.45. The first-order chi connectivity index (χ1) is 11.1. The van der Waals surface area contributed by atoms with Gasteiger partial charge in [0.1, 0.15) is 5.82 Å². The van der Waals surface area contributed by atoms with Gasteiger partial charge >= 0.3 is 6.03 Å². The number of urea groups is 1. The van der Waals surface area contributed by atoms with Gasteiger partial charge < -0.3 is 15.7 Å². The summed E-state index contributed by atoms with van der Waals surface area (Å²) in [6.45, 7) is 0.795. The molecule has 0 heterocycles. The number of halogens is 1. The number of rotatable bonds is 5. The third-order valence-corrected chi connectivity index (χ3v) is 5.32. The Morgan fingerprint density at radius 1 is 1.26 bits per heavy atom. The number of hydrogen-bond acceptors (Lipinski definition) is 2. The molecule has 1 aromatic rings. The van der Waals surface area contributed by atoms with Crippen LogP contribution in [0.2, 0.25) is 0 Å². The van der Waals surface area contributed by atoms with E-state index in [2.05, 4.69) is 10.6 Å². The zero-order chi connectivity index (χ0) is 16.3. The highest BCUT2D eigenvalue weighted by Gasteiger charge is 2.44. The van der Waals surface area contributed by atoms with Crippen LogP contribution < -0.4 is 10.6 Å². The molecule has 1 aromatic carbocycles. The Morgan fingerprint density at radius 2 is 2.00 bits per heavy atom. The Labute approximate surface area is 136 Å². The van der Waals surface area contributed by atoms with Gasteiger partial charge in [0.2, 0.25) is 0 Å². The van der Waals surface area contributed by atoms with Crippen LogP contribution in [0, 0.1) is 11.7 Å². The fraction of sp³-hybridized carbons (Fsp3) is 0.611. The molecule has 0 atom stereocenters. The summed E-state index contributed by atoms with van der Waals surface area (Å²) in [5.41, 5.74) is 0.884. The van der Waals surface area contributed by atoms with Gasteiger partial charge in [-0.2, -0.15) is 0 Å². The summed E-state index contributed by atoms with van der Waals surface area (Å²) in [7, 11) is 0. The predicted octanol–water partition coefficient (Wildman–Crippen LogP) is 2.71. The van der Waals surface area contributed by atoms with Crippen LogP contribution in [-0.4, -0.2) is 30.3 Å². The molecule has 3 rings (SSSR count). The Morgan fingerprint density at radius 3 is 2.61 bits per heavy atom. The number of aliphatic hydroxyl groups excluding tert-OH is 1. The van der Waals surface area contributed by atoms with E-state index in [-0.39, 0.29) is 29.9 Å². The van der Waals surface area contributed by atoms with Crippen molar-refractivity contribution >= 4 is 6.03 Å². The Bertz CT molecular complexity index is 552. The summed E-state index contributed by atoms with van der Waals surface area (Å²) in [5, 5.41) is 15.1. The molecule has 2 aliphatic rings. The molecule has 3 N–H and O–H groups in total. The van der Waals surface area contributed by atoms with Crippen molar-refractivity contribution in [3.8, 4) is 0 Å². The van der Waals surface area contributed by atoms with Crippen LogP contribution in [-0.2, 0) is 5.41 Å². The lowest BCUT2D eigenvalue weighted by atomic mass is 9.87. The van der Waals surface area contributed by atoms with Crippen molar-refractivity contribution in [2.45, 2.75) is 50.0 Å². The van der Waals surface area contributed by atoms with E-state index in [1.54, 1.807) is 12.1 Å². The fourth-order valence-electron chi connectivity index (χ4n) is 3.51. The molecule has 0 radical (unpaired) electrons. The van der Waals surface area contributed by atoms with Crippen molar-refractivity contribution < 1.29 is 14.3 Å². The molecule has 23 heavy (non-hydrogen) atoms. The van der Waals surface area contributed by atoms with Gasteiger partial charge in [-0.05, 0) is 62.1 Å². The minimum Gasteiger partial charge on any atom is -0.396 e. The number of amides is 2. The van der Waals surface area contributed by atoms with Gasteiger partial charge in [0.05, 0.1) is 0 Å². The minimum absolute atomic E-state index is 0.0893. The van der Waals surface area contributed by atoms with Gasteiger partial charge in [-0.1, -0.05) is 12.1 Å². The number of carbonyl (C=O) groups excluding carboxylic acids is 1. The summed E-state index contributed by atoms with van der Waals surface area (Å²) in [4.78, 5) is 12.1. The molecule has 0 saturated heterocycles. The van der Waals surface area contributed by atoms with Crippen LogP contribution in [0.3, 0.4) is 0 Å². The SMILES string of the molecule is O=C(NCC1(c2cccc(F)c2)CC1)NC1CCC(CO)CC1. The minimum atomic E-state index is -0.223. The van der Waals surface area contributed by atoms with Crippen molar-refractivity contribution in [3.05, 3.63) is 35.6 Å². The van der Waals surface area contributed by atoms with Crippen LogP contribution in [0.4, 0.5) is 9.18 Å². The Balaban J connectivity index is 1.46. The molecule has 0 spiro atoms. The largest absolute Gasteiger partial charge is 0.396 e. The molecule has 2 aliphatic carbocycles. The van der Waals surface area contributed by atoms with E-state index in [4.69, 9.17) is 5.11 Å². The average Bonchev–Trinajstić information content (AvgIpc) is 3.35. The van der Waals surface area contributed by atoms with E-state index in [0.29, 0.717) is 12.5 Å². The van der Waals surface area contributed by atoms with Gasteiger partial charge in [-0.15, -0.1) is 0 Å². The molecular formula is C18H25FN2O2. The van der Waals surface area contributed by atoms with Crippen LogP contribution in [0.25, 0.3) is 0 Å². The first kappa shape index (κ1) is 16.2. The molecule has 2 fully saturated rings. The highest BCUT2D eigenvalue weighted by molar-refractivity contribution is 5.74. The number of nitrogens with one attached hydrogen (secondary N) is 2. The van der Waals surface area contributed by atoms with Crippen molar-refractivity contribution in [1.82, 2.24) is 10.6 Å². The maximum atomic E-state index is 13.4. The second-order valence-corrected chi connectivity index (χ2v) is 7.02. The molecule has 0 unspecified atom stereocenters. The van der Waals surface area contributed by atoms with Crippen LogP contribution in [0.5, 0.6) is 0 Å². The molecule has 5 heteroatoms. The highest BCUT2D eigenvalue weighted by atomic mass is 19.1. The maximum absolute atomic E-state index is 13.4. The molecule has 4 nitrogen and oxygen atoms in total. The standard InChI is InChI=1S/C18H25FN2O2/c19-15-3-1-2-14(10-15)18(8-9-18)12-20-17(23)21-16-6-4-13(11-22)5-7-16/h1-3,10,13,16,22H,4-9,11-12H2,(H2,20,21,23). The Kier molecular flexibility index (Phi) is 4.85. The zero-order valence-electron chi connectivity index (χ0n) is 13.4. The number of aliphatic hydroxyl groups is 1. The number of carbonyl (C=O) groups is 1. The smallest absolute Gasteiger partial charge is 0.315 e. The maximum Gasteiger partial charge on any atom is 0.315 e. The second kappa shape index (κ2) is 6.87. The average molecular weight is 320 g/mol. The quantitative estimate of drug-likeness (QED) is 0.781. The summed E-state index contributed by atoms with van der Waals surface area (Å²) < 4.78 is 13.4. The molecule has 0 aliphatic heterocycles. The number of hydrogen-bond donors (Lipinski definition) is 3. The topological polar surface area (TPSA) is 61.4 Å². The lowest BCUT2D eigenvalue weighted by molar-refractivity contribution is 0.174. The van der Waals surface area contributed by atoms with Gasteiger partial charge in [0.15, 0.2) is 0 Å². The number of benzene rings is 1. The van der Waals surface area contributed by atoms with Gasteiger partial charge in [-0.3, -0.25) is 0 Å². The molecule has 2 amide bonds. The van der Waals surface area contributed by atoms with Gasteiger partial charge in [0.25, 0.3) is 0 Å². The molecule has 126 valence electrons. The second-order valence-electron chi connectivity index (χ2n) is 7.02. The first-order valence-corrected chi connectivity index (χ1v) is 8.52. The molecule has 2 saturated carbocycles. The summed E-state index contributed by atoms with van der Waals surface area (Å²) in [6.07, 6.45) is 5.75. The van der Waals surface area contributed by atoms with E-state index in [9.17, 15) is 9.18 Å². The van der Waals surface area contributed by atoms with E-state index >= 15 is 0 Å². The van der Waals surface area contributed by atoms with Crippen molar-refractivity contribution in [3.63, 3.8) is 0 Å². The third-order valence-electron chi connectivity index (χ3n) is 5.32. The van der Waals surface area contributed by atoms with Gasteiger partial charge in [0, 0.05) is 24.6 Å². The fourth-order valence-corrected chi connectivity index (χ4v) is 3.51. The normalized spacial score (nSPS) is 25.7. The van der Waals surface area contributed by atoms with Crippen molar-refractivity contribution in [2.75, 3.05) is 13.2 Å². The van der Waals surface area contributed by atoms with Gasteiger partial charge in [-0.25, -0.2) is 9.18 Å². The lowest BCUT2D eigenvalue weighted by Gasteiger charge is -2.28. The molecular weight excluding hydrogens is 295 g/mol. The summed E-state index contributed by atoms with van der Waals surface area (Å²) >= 11 is 0. The van der Waals surface area contributed by atoms with Crippen LogP contribution in [0.1, 0.15) is 44.1 Å². The third kappa shape index (κ3) is 4.02. The van der Waals surface area contributed by atoms with E-state index in [1.165, 1.54) is 6.07 Å². The predicted molar refractivity (Wildman–Crippen MR) is 86.7 cm³/mol. The monoisotopic (exact) mass is 320 g/mol. The van der Waals surface area contributed by atoms with Crippen molar-refractivity contribution in [2.24, 2.45) is 5.92 Å². The van der Waals surface area contributed by atoms with Crippen molar-refractivity contribution in [1.29, 1.82) is 0 Å². The first-order valence-electron chi connectivity index (χ1n) is 8.52. The highest BCUT2D eigenvalue weighted by Crippen LogP contribution is 2.47. The molecule has 0 bridgehead atoms.